The van der Waals surface area contributed by atoms with Crippen LogP contribution in [0, 0.1) is 17.1 Å². The van der Waals surface area contributed by atoms with Crippen LogP contribution < -0.4 is 10.5 Å². The minimum Gasteiger partial charge on any atom is -0.364 e. The molecule has 0 spiro atoms. The summed E-state index contributed by atoms with van der Waals surface area (Å²) in [5, 5.41) is 13.6. The van der Waals surface area contributed by atoms with E-state index in [-0.39, 0.29) is 35.2 Å². The molecule has 3 aromatic rings. The Hall–Kier alpha value is -3.39. The van der Waals surface area contributed by atoms with Crippen molar-refractivity contribution in [1.29, 1.82) is 5.26 Å². The predicted molar refractivity (Wildman–Crippen MR) is 133 cm³/mol. The molecule has 3 atom stereocenters. The number of halogens is 4. The van der Waals surface area contributed by atoms with Gasteiger partial charge in [0, 0.05) is 48.4 Å². The lowest BCUT2D eigenvalue weighted by molar-refractivity contribution is -0.139. The fourth-order valence-corrected chi connectivity index (χ4v) is 5.27. The van der Waals surface area contributed by atoms with Crippen molar-refractivity contribution in [2.24, 2.45) is 6.98 Å². The van der Waals surface area contributed by atoms with Crippen LogP contribution in [-0.4, -0.2) is 44.4 Å². The highest BCUT2D eigenvalue weighted by Crippen LogP contribution is 2.39. The van der Waals surface area contributed by atoms with Crippen LogP contribution in [0.2, 0.25) is 0 Å². The molecule has 0 radical (unpaired) electrons. The summed E-state index contributed by atoms with van der Waals surface area (Å²) in [5.74, 6) is -0.960. The van der Waals surface area contributed by atoms with Gasteiger partial charge < -0.3 is 9.47 Å². The Morgan fingerprint density at radius 1 is 1.22 bits per heavy atom. The summed E-state index contributed by atoms with van der Waals surface area (Å²) in [7, 11) is 0. The van der Waals surface area contributed by atoms with Crippen molar-refractivity contribution < 1.29 is 21.7 Å². The van der Waals surface area contributed by atoms with Crippen molar-refractivity contribution in [3.63, 3.8) is 0 Å². The lowest BCUT2D eigenvalue weighted by Gasteiger charge is -2.49. The largest absolute Gasteiger partial charge is 0.416 e. The van der Waals surface area contributed by atoms with E-state index < -0.39 is 36.1 Å². The van der Waals surface area contributed by atoms with Gasteiger partial charge in [-0.3, -0.25) is 14.4 Å². The van der Waals surface area contributed by atoms with Crippen LogP contribution in [0.25, 0.3) is 11.0 Å². The van der Waals surface area contributed by atoms with Crippen molar-refractivity contribution in [1.82, 2.24) is 19.2 Å². The molecule has 3 heterocycles. The van der Waals surface area contributed by atoms with Crippen LogP contribution in [0.5, 0.6) is 0 Å². The van der Waals surface area contributed by atoms with Gasteiger partial charge in [0.1, 0.15) is 17.9 Å². The summed E-state index contributed by atoms with van der Waals surface area (Å²) in [6.45, 7) is 3.25. The average Bonchev–Trinajstić information content (AvgIpc) is 3.28. The molecule has 0 N–H and O–H groups in total. The molecule has 1 fully saturated rings. The number of piperazine rings is 1. The van der Waals surface area contributed by atoms with Crippen LogP contribution in [0.15, 0.2) is 35.3 Å². The van der Waals surface area contributed by atoms with Crippen molar-refractivity contribution in [2.75, 3.05) is 18.0 Å². The van der Waals surface area contributed by atoms with Gasteiger partial charge >= 0.3 is 6.18 Å². The second-order valence-electron chi connectivity index (χ2n) is 9.30. The normalized spacial score (nSPS) is 21.4. The van der Waals surface area contributed by atoms with Crippen molar-refractivity contribution >= 4 is 16.7 Å². The molecule has 4 rings (SSSR count). The molecule has 0 bridgehead atoms. The standard InChI is InChI=1S/C26H30F4N6O/c1-5-18-14-36(22-12-24(37)33(4)23-15-34(10-9-31)32-25(22)23)19(6-2)13-35(18)16(3)20-8-7-17(27)11-21(20)26(28,29)30/h7-8,11-12,15-16,18-19H,5-6,10,13-14H2,1-4H3/t16?,18-,19+/m1/s1/i4D3. The molecule has 198 valence electrons. The highest BCUT2D eigenvalue weighted by molar-refractivity contribution is 5.88. The first-order chi connectivity index (χ1) is 18.7. The summed E-state index contributed by atoms with van der Waals surface area (Å²) >= 11 is 0. The molecule has 2 aromatic heterocycles. The van der Waals surface area contributed by atoms with Crippen LogP contribution in [0.1, 0.15) is 54.9 Å². The summed E-state index contributed by atoms with van der Waals surface area (Å²) in [4.78, 5) is 17.0. The number of alkyl halides is 3. The molecule has 1 aliphatic heterocycles. The first kappa shape index (κ1) is 22.8. The zero-order valence-electron chi connectivity index (χ0n) is 23.8. The summed E-state index contributed by atoms with van der Waals surface area (Å²) in [6.07, 6.45) is -2.23. The zero-order chi connectivity index (χ0) is 29.6. The van der Waals surface area contributed by atoms with Crippen LogP contribution in [0.4, 0.5) is 23.2 Å². The number of benzene rings is 1. The number of pyridine rings is 1. The molecule has 1 aromatic carbocycles. The van der Waals surface area contributed by atoms with Gasteiger partial charge in [0.25, 0.3) is 5.56 Å². The lowest BCUT2D eigenvalue weighted by Crippen LogP contribution is -2.59. The summed E-state index contributed by atoms with van der Waals surface area (Å²) < 4.78 is 80.8. The minimum absolute atomic E-state index is 0.0198. The zero-order valence-corrected chi connectivity index (χ0v) is 20.8. The molecule has 1 aliphatic rings. The van der Waals surface area contributed by atoms with Crippen LogP contribution >= 0.6 is 0 Å². The predicted octanol–water partition coefficient (Wildman–Crippen LogP) is 4.86. The first-order valence-corrected chi connectivity index (χ1v) is 12.1. The fraction of sp³-hybridized carbons (Fsp3) is 0.500. The molecule has 0 amide bonds. The van der Waals surface area contributed by atoms with Gasteiger partial charge in [-0.25, -0.2) is 4.39 Å². The van der Waals surface area contributed by atoms with Gasteiger partial charge in [-0.15, -0.1) is 0 Å². The Balaban J connectivity index is 1.79. The Morgan fingerprint density at radius 3 is 2.57 bits per heavy atom. The monoisotopic (exact) mass is 521 g/mol. The van der Waals surface area contributed by atoms with Crippen LogP contribution in [0.3, 0.4) is 0 Å². The van der Waals surface area contributed by atoms with E-state index in [1.165, 1.54) is 23.0 Å². The van der Waals surface area contributed by atoms with Crippen LogP contribution in [-0.2, 0) is 19.7 Å². The van der Waals surface area contributed by atoms with E-state index in [4.69, 9.17) is 9.37 Å². The molecular formula is C26H30F4N6O. The third-order valence-electron chi connectivity index (χ3n) is 7.20. The molecule has 1 unspecified atom stereocenters. The van der Waals surface area contributed by atoms with Crippen molar-refractivity contribution in [3.8, 4) is 6.07 Å². The van der Waals surface area contributed by atoms with Gasteiger partial charge in [-0.2, -0.15) is 23.5 Å². The number of aromatic nitrogens is 3. The fourth-order valence-electron chi connectivity index (χ4n) is 5.27. The number of aryl methyl sites for hydroxylation is 1. The lowest BCUT2D eigenvalue weighted by atomic mass is 9.94. The van der Waals surface area contributed by atoms with E-state index in [2.05, 4.69) is 5.10 Å². The highest BCUT2D eigenvalue weighted by Gasteiger charge is 2.40. The number of nitriles is 1. The van der Waals surface area contributed by atoms with Gasteiger partial charge in [0.2, 0.25) is 0 Å². The van der Waals surface area contributed by atoms with E-state index in [0.717, 1.165) is 6.07 Å². The number of anilines is 1. The van der Waals surface area contributed by atoms with Gasteiger partial charge in [0.05, 0.1) is 29.0 Å². The maximum Gasteiger partial charge on any atom is 0.416 e. The quantitative estimate of drug-likeness (QED) is 0.434. The number of hydrogen-bond donors (Lipinski definition) is 0. The molecular weight excluding hydrogens is 488 g/mol. The highest BCUT2D eigenvalue weighted by atomic mass is 19.4. The molecule has 7 nitrogen and oxygen atoms in total. The Morgan fingerprint density at radius 2 is 1.95 bits per heavy atom. The first-order valence-electron chi connectivity index (χ1n) is 13.6. The summed E-state index contributed by atoms with van der Waals surface area (Å²) in [6, 6.07) is 4.74. The Kier molecular flexibility index (Phi) is 6.26. The average molecular weight is 522 g/mol. The second kappa shape index (κ2) is 10.2. The second-order valence-corrected chi connectivity index (χ2v) is 9.30. The maximum atomic E-state index is 13.8. The SMILES string of the molecule is [2H]C([2H])([2H])n1c(=O)cc(N2C[C@@H](CC)N(C(C)c3ccc(F)cc3C(F)(F)F)C[C@@H]2CC)c2nn(CC#N)cc21. The van der Waals surface area contributed by atoms with Gasteiger partial charge in [0.15, 0.2) is 0 Å². The smallest absolute Gasteiger partial charge is 0.364 e. The van der Waals surface area contributed by atoms with E-state index in [1.54, 1.807) is 6.92 Å². The molecule has 0 aliphatic carbocycles. The topological polar surface area (TPSA) is 70.1 Å². The number of fused-ring (bicyclic) bond motifs is 1. The Bertz CT molecular complexity index is 1490. The van der Waals surface area contributed by atoms with E-state index in [1.807, 2.05) is 29.7 Å². The van der Waals surface area contributed by atoms with E-state index in [9.17, 15) is 22.4 Å². The molecule has 37 heavy (non-hydrogen) atoms. The van der Waals surface area contributed by atoms with E-state index >= 15 is 0 Å². The minimum atomic E-state index is -4.72. The van der Waals surface area contributed by atoms with Gasteiger partial charge in [-0.1, -0.05) is 19.9 Å². The maximum absolute atomic E-state index is 13.8. The van der Waals surface area contributed by atoms with Gasteiger partial charge in [-0.05, 0) is 37.5 Å². The number of rotatable bonds is 6. The Labute approximate surface area is 216 Å². The molecule has 1 saturated heterocycles. The summed E-state index contributed by atoms with van der Waals surface area (Å²) in [5.41, 5.74) is -1.06. The third-order valence-corrected chi connectivity index (χ3v) is 7.20. The van der Waals surface area contributed by atoms with Crippen molar-refractivity contribution in [2.45, 2.75) is 64.5 Å². The number of hydrogen-bond acceptors (Lipinski definition) is 5. The molecule has 11 heteroatoms. The van der Waals surface area contributed by atoms with E-state index in [0.29, 0.717) is 42.3 Å². The van der Waals surface area contributed by atoms with Crippen molar-refractivity contribution in [3.05, 3.63) is 57.8 Å². The number of nitrogens with zero attached hydrogens (tertiary/aromatic N) is 6. The third kappa shape index (κ3) is 4.94. The molecule has 0 saturated carbocycles.